The molecule has 342 valence electrons. The van der Waals surface area contributed by atoms with Crippen LogP contribution in [0.15, 0.2) is 65.2 Å². The molecule has 3 aliphatic carbocycles. The summed E-state index contributed by atoms with van der Waals surface area (Å²) in [6.45, 7) is 15.4. The van der Waals surface area contributed by atoms with E-state index < -0.39 is 108 Å². The smallest absolute Gasteiger partial charge is 0.408 e. The molecule has 6 aliphatic rings. The highest BCUT2D eigenvalue weighted by Gasteiger charge is 2.75. The molecule has 1 amide bonds. The monoisotopic (exact) mass is 895 g/mol. The van der Waals surface area contributed by atoms with Gasteiger partial charge in [-0.25, -0.2) is 19.4 Å². The lowest BCUT2D eigenvalue weighted by Gasteiger charge is -2.66. The number of fused-ring (bicyclic) bond motifs is 8. The van der Waals surface area contributed by atoms with E-state index in [0.717, 1.165) is 24.3 Å². The Hall–Kier alpha value is -4.27. The van der Waals surface area contributed by atoms with Gasteiger partial charge in [-0.2, -0.15) is 0 Å². The van der Waals surface area contributed by atoms with E-state index in [1.54, 1.807) is 63.4 Å². The van der Waals surface area contributed by atoms with Crippen LogP contribution in [-0.2, 0) is 42.7 Å². The summed E-state index contributed by atoms with van der Waals surface area (Å²) in [5, 5.41) is 39.7. The molecule has 4 heterocycles. The fourth-order valence-corrected chi connectivity index (χ4v) is 11.3. The Morgan fingerprint density at radius 3 is 2.48 bits per heavy atom. The molecule has 0 radical (unpaired) electrons. The van der Waals surface area contributed by atoms with Crippen LogP contribution in [0, 0.1) is 11.3 Å². The third-order valence-corrected chi connectivity index (χ3v) is 14.6. The Kier molecular flexibility index (Phi) is 12.2. The average molecular weight is 896 g/mol. The topological polar surface area (TPSA) is 222 Å². The number of carbonyl (C=O) groups excluding carboxylic acids is 4. The van der Waals surface area contributed by atoms with Crippen molar-refractivity contribution in [2.75, 3.05) is 26.3 Å². The number of hydrogen-bond acceptors (Lipinski definition) is 17. The Morgan fingerprint density at radius 1 is 1.13 bits per heavy atom. The fraction of sp³-hybridized carbons (Fsp3) is 0.622. The van der Waals surface area contributed by atoms with Gasteiger partial charge in [-0.1, -0.05) is 31.7 Å². The molecule has 0 unspecified atom stereocenters. The summed E-state index contributed by atoms with van der Waals surface area (Å²) in [5.41, 5.74) is -4.41. The Balaban J connectivity index is 1.24. The number of carbonyl (C=O) groups is 4. The van der Waals surface area contributed by atoms with Gasteiger partial charge >= 0.3 is 24.0 Å². The maximum Gasteiger partial charge on any atom is 0.408 e. The molecule has 4 N–H and O–H groups in total. The van der Waals surface area contributed by atoms with E-state index in [1.165, 1.54) is 13.1 Å². The molecule has 0 spiro atoms. The normalized spacial score (nSPS) is 35.8. The Bertz CT molecular complexity index is 2130. The number of thiazole rings is 1. The molecular weight excluding hydrogens is 839 g/mol. The van der Waals surface area contributed by atoms with Crippen molar-refractivity contribution in [2.45, 2.75) is 139 Å². The number of hydrogen-bond donors (Lipinski definition) is 4. The van der Waals surface area contributed by atoms with E-state index in [2.05, 4.69) is 21.8 Å². The minimum atomic E-state index is -2.22. The number of likely N-dealkylation sites (tertiary alicyclic amines) is 1. The van der Waals surface area contributed by atoms with Gasteiger partial charge in [-0.3, -0.25) is 9.69 Å². The summed E-state index contributed by atoms with van der Waals surface area (Å²) in [4.78, 5) is 61.0. The Morgan fingerprint density at radius 2 is 1.87 bits per heavy atom. The number of alkyl carbamates (subject to hydrolysis) is 1. The summed E-state index contributed by atoms with van der Waals surface area (Å²) in [5.74, 6) is -3.53. The van der Waals surface area contributed by atoms with E-state index in [9.17, 15) is 34.5 Å². The minimum absolute atomic E-state index is 0.0379. The third kappa shape index (κ3) is 8.11. The van der Waals surface area contributed by atoms with Crippen molar-refractivity contribution in [1.82, 2.24) is 15.2 Å². The van der Waals surface area contributed by atoms with Gasteiger partial charge in [0, 0.05) is 49.5 Å². The summed E-state index contributed by atoms with van der Waals surface area (Å²) < 4.78 is 44.4. The van der Waals surface area contributed by atoms with Gasteiger partial charge in [0.15, 0.2) is 18.0 Å². The molecule has 1 aromatic heterocycles. The molecule has 3 saturated heterocycles. The van der Waals surface area contributed by atoms with Crippen LogP contribution in [0.1, 0.15) is 88.6 Å². The number of aliphatic hydroxyl groups is 3. The molecule has 3 aliphatic heterocycles. The predicted octanol–water partition coefficient (Wildman–Crippen LogP) is 3.52. The maximum absolute atomic E-state index is 14.3. The first-order chi connectivity index (χ1) is 29.8. The van der Waals surface area contributed by atoms with Crippen LogP contribution < -0.4 is 5.32 Å². The average Bonchev–Trinajstić information content (AvgIpc) is 3.90. The number of nitrogens with one attached hydrogen (secondary N) is 1. The summed E-state index contributed by atoms with van der Waals surface area (Å²) in [6, 6.07) is 6.82. The number of nitrogens with zero attached hydrogens (tertiary/aromatic N) is 2. The second kappa shape index (κ2) is 16.9. The number of benzene rings is 1. The highest BCUT2D eigenvalue weighted by molar-refractivity contribution is 7.09. The molecule has 2 saturated carbocycles. The van der Waals surface area contributed by atoms with Crippen molar-refractivity contribution >= 4 is 35.3 Å². The molecule has 18 heteroatoms. The van der Waals surface area contributed by atoms with E-state index in [1.807, 2.05) is 6.92 Å². The van der Waals surface area contributed by atoms with Gasteiger partial charge < -0.3 is 53.8 Å². The number of esters is 3. The lowest BCUT2D eigenvalue weighted by molar-refractivity contribution is -0.337. The van der Waals surface area contributed by atoms with Crippen molar-refractivity contribution in [3.63, 3.8) is 0 Å². The second-order valence-corrected chi connectivity index (χ2v) is 19.7. The van der Waals surface area contributed by atoms with Gasteiger partial charge in [-0.15, -0.1) is 11.3 Å². The zero-order valence-corrected chi connectivity index (χ0v) is 37.1. The SMILES string of the molecule is C=C1C2=C(C)[C@@H](OC(=O)[C@H](O)[C@@H](NC(=O)OC(C)(C)C)c3nccs3)C[C@@]1(O)[C@@H](OC(=O)c1ccccc1)[C@H]1[C@@](C)(CC[C@H]3OC[C@]31OC(C)=O)[C@@H]1O[C@H](CN3CC[C@H]3CO)O[C@H]21. The van der Waals surface area contributed by atoms with Gasteiger partial charge in [-0.05, 0) is 75.8 Å². The molecule has 2 aromatic rings. The lowest BCUT2D eigenvalue weighted by Crippen LogP contribution is -2.78. The van der Waals surface area contributed by atoms with Crippen LogP contribution in [0.2, 0.25) is 0 Å². The molecule has 5 fully saturated rings. The zero-order valence-electron chi connectivity index (χ0n) is 36.3. The molecular formula is C45H57N3O14S. The van der Waals surface area contributed by atoms with Crippen molar-refractivity contribution in [1.29, 1.82) is 0 Å². The molecule has 8 rings (SSSR count). The maximum atomic E-state index is 14.3. The van der Waals surface area contributed by atoms with E-state index in [-0.39, 0.29) is 35.4 Å². The van der Waals surface area contributed by atoms with Crippen LogP contribution in [0.25, 0.3) is 0 Å². The molecule has 63 heavy (non-hydrogen) atoms. The molecule has 13 atom stereocenters. The van der Waals surface area contributed by atoms with Gasteiger partial charge in [0.2, 0.25) is 0 Å². The Labute approximate surface area is 369 Å². The van der Waals surface area contributed by atoms with Gasteiger partial charge in [0.1, 0.15) is 46.7 Å². The van der Waals surface area contributed by atoms with Gasteiger partial charge in [0.05, 0.1) is 30.8 Å². The standard InChI is InChI=1S/C45H57N3O14S/c1-23-28(57-40(53)33(51)32(38-46-16-18-63-38)47-41(54)62-42(4,5)6)19-44(55)24(2)31(23)34-36(59-30(58-34)20-48-17-14-27(48)21-49)43(7)15-13-29-45(22-56-29,61-25(3)50)35(43)37(44)60-39(52)26-11-9-8-10-12-26/h8-12,16,18,27-30,32-37,49,51,55H,2,13-15,17,19-22H2,1,3-7H3,(H,47,54)/t27-,28-,29+,30+,32+,33+,34+,35-,36+,37-,43+,44-,45-/m0/s1. The molecule has 17 nitrogen and oxygen atoms in total. The number of amides is 1. The van der Waals surface area contributed by atoms with Crippen LogP contribution in [0.3, 0.4) is 0 Å². The third-order valence-electron chi connectivity index (χ3n) is 13.7. The first-order valence-corrected chi connectivity index (χ1v) is 22.3. The zero-order chi connectivity index (χ0) is 45.2. The molecule has 2 bridgehead atoms. The van der Waals surface area contributed by atoms with E-state index in [0.29, 0.717) is 30.5 Å². The summed E-state index contributed by atoms with van der Waals surface area (Å²) >= 11 is 1.09. The first kappa shape index (κ1) is 45.3. The summed E-state index contributed by atoms with van der Waals surface area (Å²) in [7, 11) is 0. The number of aromatic nitrogens is 1. The number of ether oxygens (including phenoxy) is 7. The quantitative estimate of drug-likeness (QED) is 0.187. The number of aliphatic hydroxyl groups excluding tert-OH is 2. The largest absolute Gasteiger partial charge is 0.456 e. The summed E-state index contributed by atoms with van der Waals surface area (Å²) in [6.07, 6.45) is -6.20. The van der Waals surface area contributed by atoms with Crippen LogP contribution >= 0.6 is 11.3 Å². The van der Waals surface area contributed by atoms with Crippen molar-refractivity contribution < 1.29 is 67.7 Å². The second-order valence-electron chi connectivity index (χ2n) is 18.8. The van der Waals surface area contributed by atoms with Crippen LogP contribution in [0.4, 0.5) is 4.79 Å². The lowest BCUT2D eigenvalue weighted by atomic mass is 9.48. The predicted molar refractivity (Wildman–Crippen MR) is 223 cm³/mol. The first-order valence-electron chi connectivity index (χ1n) is 21.4. The van der Waals surface area contributed by atoms with Crippen LogP contribution in [0.5, 0.6) is 0 Å². The highest BCUT2D eigenvalue weighted by Crippen LogP contribution is 2.64. The molecule has 1 aromatic carbocycles. The van der Waals surface area contributed by atoms with E-state index >= 15 is 0 Å². The van der Waals surface area contributed by atoms with Crippen LogP contribution in [-0.4, -0.2) is 141 Å². The number of rotatable bonds is 11. The van der Waals surface area contributed by atoms with Gasteiger partial charge in [0.25, 0.3) is 0 Å². The van der Waals surface area contributed by atoms with Crippen molar-refractivity contribution in [2.24, 2.45) is 11.3 Å². The fourth-order valence-electron chi connectivity index (χ4n) is 10.6. The van der Waals surface area contributed by atoms with E-state index in [4.69, 9.17) is 33.2 Å². The van der Waals surface area contributed by atoms with Crippen molar-refractivity contribution in [3.05, 3.63) is 75.8 Å². The highest BCUT2D eigenvalue weighted by atomic mass is 32.1. The minimum Gasteiger partial charge on any atom is -0.456 e. The van der Waals surface area contributed by atoms with Crippen molar-refractivity contribution in [3.8, 4) is 0 Å².